The summed E-state index contributed by atoms with van der Waals surface area (Å²) in [6.07, 6.45) is 0.357. The fourth-order valence-electron chi connectivity index (χ4n) is 3.99. The third kappa shape index (κ3) is 2.53. The van der Waals surface area contributed by atoms with Gasteiger partial charge in [-0.3, -0.25) is 9.69 Å². The minimum absolute atomic E-state index is 0.133. The van der Waals surface area contributed by atoms with Crippen molar-refractivity contribution in [3.8, 4) is 5.75 Å². The lowest BCUT2D eigenvalue weighted by Gasteiger charge is -2.53. The lowest BCUT2D eigenvalue weighted by Crippen LogP contribution is -2.64. The molecule has 1 amide bonds. The Kier molecular flexibility index (Phi) is 3.72. The molecule has 4 rings (SSSR count). The molecule has 1 saturated heterocycles. The Morgan fingerprint density at radius 3 is 2.65 bits per heavy atom. The number of hydrogen-bond acceptors (Lipinski definition) is 4. The van der Waals surface area contributed by atoms with Gasteiger partial charge in [-0.2, -0.15) is 0 Å². The summed E-state index contributed by atoms with van der Waals surface area (Å²) in [4.78, 5) is 26.2. The molecule has 2 bridgehead atoms. The number of nitrogens with zero attached hydrogens (tertiary/aromatic N) is 1. The maximum absolute atomic E-state index is 13.2. The average Bonchev–Trinajstić information content (AvgIpc) is 2.59. The van der Waals surface area contributed by atoms with Crippen LogP contribution in [0.15, 0.2) is 48.5 Å². The molecule has 0 aliphatic carbocycles. The molecule has 0 unspecified atom stereocenters. The van der Waals surface area contributed by atoms with Crippen molar-refractivity contribution >= 4 is 11.9 Å². The number of carbonyl (C=O) groups is 2. The Morgan fingerprint density at radius 2 is 1.96 bits per heavy atom. The molecule has 0 spiro atoms. The topological polar surface area (TPSA) is 69.7 Å². The molecule has 2 aromatic carbocycles. The van der Waals surface area contributed by atoms with Crippen molar-refractivity contribution < 1.29 is 23.8 Å². The second kappa shape index (κ2) is 5.83. The van der Waals surface area contributed by atoms with Crippen LogP contribution >= 0.6 is 0 Å². The highest BCUT2D eigenvalue weighted by Crippen LogP contribution is 2.50. The van der Waals surface area contributed by atoms with Crippen LogP contribution in [0.3, 0.4) is 0 Å². The molecule has 0 radical (unpaired) electrons. The number of likely N-dealkylation sites (tertiary alicyclic amines) is 1. The van der Waals surface area contributed by atoms with Gasteiger partial charge < -0.3 is 14.6 Å². The van der Waals surface area contributed by atoms with E-state index in [4.69, 9.17) is 4.74 Å². The van der Waals surface area contributed by atoms with Crippen molar-refractivity contribution in [2.24, 2.45) is 5.92 Å². The third-order valence-corrected chi connectivity index (χ3v) is 5.26. The van der Waals surface area contributed by atoms with Crippen molar-refractivity contribution in [3.05, 3.63) is 65.5 Å². The van der Waals surface area contributed by atoms with Gasteiger partial charge in [-0.15, -0.1) is 0 Å². The Balaban J connectivity index is 1.77. The molecule has 3 atom stereocenters. The first-order valence-electron chi connectivity index (χ1n) is 8.44. The first-order valence-corrected chi connectivity index (χ1v) is 8.44. The summed E-state index contributed by atoms with van der Waals surface area (Å²) >= 11 is 0. The number of ether oxygens (including phenoxy) is 1. The standard InChI is InChI=1S/C20H18FNO4/c1-20-10-15(14-4-2-3-5-16(14)26-20)17(19(24)25)18(23)22(20)11-12-6-8-13(21)9-7-12/h2-9,15,17H,10-11H2,1H3,(H,24,25)/p-1/t15-,17+,20-/m1/s1. The van der Waals surface area contributed by atoms with Crippen molar-refractivity contribution in [1.29, 1.82) is 0 Å². The van der Waals surface area contributed by atoms with Crippen molar-refractivity contribution in [2.45, 2.75) is 31.5 Å². The summed E-state index contributed by atoms with van der Waals surface area (Å²) in [6.45, 7) is 1.91. The van der Waals surface area contributed by atoms with Crippen LogP contribution in [0.5, 0.6) is 5.75 Å². The summed E-state index contributed by atoms with van der Waals surface area (Å²) < 4.78 is 19.3. The van der Waals surface area contributed by atoms with E-state index in [1.165, 1.54) is 17.0 Å². The zero-order valence-electron chi connectivity index (χ0n) is 14.1. The summed E-state index contributed by atoms with van der Waals surface area (Å²) in [5.41, 5.74) is 0.434. The fourth-order valence-corrected chi connectivity index (χ4v) is 3.99. The van der Waals surface area contributed by atoms with Gasteiger partial charge in [-0.1, -0.05) is 30.3 Å². The number of carboxylic acids is 1. The zero-order valence-corrected chi connectivity index (χ0v) is 14.1. The summed E-state index contributed by atoms with van der Waals surface area (Å²) in [6, 6.07) is 12.9. The van der Waals surface area contributed by atoms with E-state index >= 15 is 0 Å². The molecule has 2 heterocycles. The largest absolute Gasteiger partial charge is 0.549 e. The molecule has 5 nitrogen and oxygen atoms in total. The van der Waals surface area contributed by atoms with Crippen LogP contribution in [-0.2, 0) is 16.1 Å². The van der Waals surface area contributed by atoms with Gasteiger partial charge >= 0.3 is 0 Å². The van der Waals surface area contributed by atoms with Crippen molar-refractivity contribution in [3.63, 3.8) is 0 Å². The first kappa shape index (κ1) is 16.6. The summed E-state index contributed by atoms with van der Waals surface area (Å²) in [7, 11) is 0. The van der Waals surface area contributed by atoms with Crippen LogP contribution in [0, 0.1) is 11.7 Å². The third-order valence-electron chi connectivity index (χ3n) is 5.26. The number of para-hydroxylation sites is 1. The Hall–Kier alpha value is -2.89. The van der Waals surface area contributed by atoms with E-state index < -0.39 is 29.4 Å². The van der Waals surface area contributed by atoms with Gasteiger partial charge in [0.15, 0.2) is 5.72 Å². The monoisotopic (exact) mass is 354 g/mol. The molecule has 134 valence electrons. The van der Waals surface area contributed by atoms with E-state index in [1.54, 1.807) is 37.3 Å². The van der Waals surface area contributed by atoms with Crippen LogP contribution in [-0.4, -0.2) is 22.5 Å². The van der Waals surface area contributed by atoms with Gasteiger partial charge in [-0.25, -0.2) is 4.39 Å². The highest BCUT2D eigenvalue weighted by molar-refractivity contribution is 5.98. The highest BCUT2D eigenvalue weighted by atomic mass is 19.1. The lowest BCUT2D eigenvalue weighted by atomic mass is 9.73. The predicted octanol–water partition coefficient (Wildman–Crippen LogP) is 1.82. The number of piperidine rings is 1. The number of aliphatic carboxylic acids is 1. The molecule has 26 heavy (non-hydrogen) atoms. The quantitative estimate of drug-likeness (QED) is 0.789. The fraction of sp³-hybridized carbons (Fsp3) is 0.300. The maximum Gasteiger partial charge on any atom is 0.235 e. The number of carbonyl (C=O) groups excluding carboxylic acids is 2. The summed E-state index contributed by atoms with van der Waals surface area (Å²) in [5.74, 6) is -3.49. The Bertz CT molecular complexity index is 882. The molecule has 1 fully saturated rings. The van der Waals surface area contributed by atoms with Crippen molar-refractivity contribution in [1.82, 2.24) is 4.90 Å². The molecule has 2 aromatic rings. The van der Waals surface area contributed by atoms with Gasteiger partial charge in [0, 0.05) is 18.9 Å². The van der Waals surface area contributed by atoms with E-state index in [-0.39, 0.29) is 12.4 Å². The summed E-state index contributed by atoms with van der Waals surface area (Å²) in [5, 5.41) is 11.8. The van der Waals surface area contributed by atoms with E-state index in [2.05, 4.69) is 0 Å². The number of fused-ring (bicyclic) bond motifs is 4. The predicted molar refractivity (Wildman–Crippen MR) is 88.3 cm³/mol. The zero-order chi connectivity index (χ0) is 18.5. The number of amides is 1. The molecule has 0 aromatic heterocycles. The van der Waals surface area contributed by atoms with E-state index in [0.29, 0.717) is 23.3 Å². The smallest absolute Gasteiger partial charge is 0.235 e. The van der Waals surface area contributed by atoms with Gasteiger partial charge in [0.05, 0.1) is 11.9 Å². The van der Waals surface area contributed by atoms with E-state index in [1.807, 2.05) is 6.07 Å². The highest BCUT2D eigenvalue weighted by Gasteiger charge is 2.54. The Morgan fingerprint density at radius 1 is 1.27 bits per heavy atom. The number of benzene rings is 2. The molecule has 6 heteroatoms. The normalized spacial score (nSPS) is 26.8. The minimum atomic E-state index is -1.39. The number of carboxylic acid groups (broad SMARTS) is 1. The van der Waals surface area contributed by atoms with Crippen LogP contribution in [0.4, 0.5) is 4.39 Å². The molecule has 2 aliphatic rings. The van der Waals surface area contributed by atoms with Gasteiger partial charge in [0.1, 0.15) is 11.6 Å². The second-order valence-electron chi connectivity index (χ2n) is 6.97. The first-order chi connectivity index (χ1) is 12.4. The van der Waals surface area contributed by atoms with Crippen LogP contribution in [0.2, 0.25) is 0 Å². The Labute approximate surface area is 150 Å². The van der Waals surface area contributed by atoms with E-state index in [9.17, 15) is 19.1 Å². The maximum atomic E-state index is 13.2. The van der Waals surface area contributed by atoms with Gasteiger partial charge in [0.2, 0.25) is 5.91 Å². The number of hydrogen-bond donors (Lipinski definition) is 0. The average molecular weight is 354 g/mol. The molecule has 0 N–H and O–H groups in total. The van der Waals surface area contributed by atoms with E-state index in [0.717, 1.165) is 0 Å². The molecular formula is C20H17FNO4-. The molecule has 0 saturated carbocycles. The molecular weight excluding hydrogens is 337 g/mol. The van der Waals surface area contributed by atoms with Gasteiger partial charge in [0.25, 0.3) is 0 Å². The van der Waals surface area contributed by atoms with Crippen molar-refractivity contribution in [2.75, 3.05) is 0 Å². The number of rotatable bonds is 3. The molecule has 2 aliphatic heterocycles. The van der Waals surface area contributed by atoms with Gasteiger partial charge in [-0.05, 0) is 36.2 Å². The van der Waals surface area contributed by atoms with Crippen LogP contribution in [0.25, 0.3) is 0 Å². The van der Waals surface area contributed by atoms with Crippen LogP contribution < -0.4 is 9.84 Å². The SMILES string of the molecule is C[C@]12C[C@H](c3ccccc3O1)[C@H](C(=O)[O-])C(=O)N2Cc1ccc(F)cc1. The lowest BCUT2D eigenvalue weighted by molar-refractivity contribution is -0.313. The minimum Gasteiger partial charge on any atom is -0.549 e. The second-order valence-corrected chi connectivity index (χ2v) is 6.97. The number of halogens is 1. The van der Waals surface area contributed by atoms with Crippen LogP contribution in [0.1, 0.15) is 30.4 Å².